The Kier molecular flexibility index (Phi) is 5.20. The maximum Gasteiger partial charge on any atom is 0.306 e. The number of hydrogen-bond acceptors (Lipinski definition) is 3. The first-order chi connectivity index (χ1) is 10.1. The van der Waals surface area contributed by atoms with Crippen LogP contribution in [-0.2, 0) is 9.59 Å². The van der Waals surface area contributed by atoms with Crippen LogP contribution in [0.5, 0.6) is 5.75 Å². The van der Waals surface area contributed by atoms with Crippen molar-refractivity contribution in [1.82, 2.24) is 4.90 Å². The molecule has 1 fully saturated rings. The molecule has 1 aromatic rings. The second kappa shape index (κ2) is 7.11. The minimum Gasteiger partial charge on any atom is -0.493 e. The highest BCUT2D eigenvalue weighted by Gasteiger charge is 2.26. The van der Waals surface area contributed by atoms with Crippen molar-refractivity contribution in [2.45, 2.75) is 26.2 Å². The number of carboxylic acid groups (broad SMARTS) is 1. The molecule has 1 aromatic carbocycles. The van der Waals surface area contributed by atoms with Crippen molar-refractivity contribution >= 4 is 11.9 Å². The normalized spacial score (nSPS) is 15.8. The second-order valence-electron chi connectivity index (χ2n) is 5.40. The number of piperidine rings is 1. The van der Waals surface area contributed by atoms with Gasteiger partial charge in [-0.05, 0) is 31.9 Å². The fourth-order valence-electron chi connectivity index (χ4n) is 2.42. The maximum atomic E-state index is 12.0. The van der Waals surface area contributed by atoms with E-state index in [1.165, 1.54) is 5.56 Å². The Hall–Kier alpha value is -2.04. The SMILES string of the molecule is Cc1ccc(OCCC(=O)N2CCC(C(=O)O)CC2)cc1. The Morgan fingerprint density at radius 3 is 2.43 bits per heavy atom. The van der Waals surface area contributed by atoms with Crippen LogP contribution in [0.2, 0.25) is 0 Å². The summed E-state index contributed by atoms with van der Waals surface area (Å²) in [5.41, 5.74) is 1.17. The third kappa shape index (κ3) is 4.48. The van der Waals surface area contributed by atoms with Gasteiger partial charge in [0.15, 0.2) is 0 Å². The van der Waals surface area contributed by atoms with Crippen LogP contribution in [0.3, 0.4) is 0 Å². The van der Waals surface area contributed by atoms with E-state index in [9.17, 15) is 9.59 Å². The van der Waals surface area contributed by atoms with Crippen LogP contribution in [0.15, 0.2) is 24.3 Å². The lowest BCUT2D eigenvalue weighted by atomic mass is 9.97. The monoisotopic (exact) mass is 291 g/mol. The zero-order valence-corrected chi connectivity index (χ0v) is 12.2. The Morgan fingerprint density at radius 1 is 1.24 bits per heavy atom. The van der Waals surface area contributed by atoms with Crippen molar-refractivity contribution in [2.75, 3.05) is 19.7 Å². The van der Waals surface area contributed by atoms with Crippen LogP contribution in [0.25, 0.3) is 0 Å². The molecule has 1 aliphatic heterocycles. The number of carboxylic acids is 1. The Bertz CT molecular complexity index is 490. The van der Waals surface area contributed by atoms with Gasteiger partial charge in [0.2, 0.25) is 5.91 Å². The fraction of sp³-hybridized carbons (Fsp3) is 0.500. The molecule has 2 rings (SSSR count). The first-order valence-electron chi connectivity index (χ1n) is 7.26. The summed E-state index contributed by atoms with van der Waals surface area (Å²) in [4.78, 5) is 24.6. The van der Waals surface area contributed by atoms with Crippen LogP contribution >= 0.6 is 0 Å². The molecule has 114 valence electrons. The van der Waals surface area contributed by atoms with E-state index < -0.39 is 5.97 Å². The molecule has 0 atom stereocenters. The van der Waals surface area contributed by atoms with Crippen molar-refractivity contribution in [3.05, 3.63) is 29.8 Å². The predicted octanol–water partition coefficient (Wildman–Crippen LogP) is 2.09. The topological polar surface area (TPSA) is 66.8 Å². The molecule has 1 saturated heterocycles. The largest absolute Gasteiger partial charge is 0.493 e. The molecule has 0 saturated carbocycles. The second-order valence-corrected chi connectivity index (χ2v) is 5.40. The van der Waals surface area contributed by atoms with Crippen LogP contribution in [0.4, 0.5) is 0 Å². The summed E-state index contributed by atoms with van der Waals surface area (Å²) in [5.74, 6) is -0.272. The summed E-state index contributed by atoms with van der Waals surface area (Å²) in [5, 5.41) is 8.93. The van der Waals surface area contributed by atoms with Gasteiger partial charge in [0.05, 0.1) is 18.9 Å². The van der Waals surface area contributed by atoms with E-state index in [1.807, 2.05) is 31.2 Å². The first-order valence-corrected chi connectivity index (χ1v) is 7.26. The third-order valence-corrected chi connectivity index (χ3v) is 3.80. The molecule has 5 nitrogen and oxygen atoms in total. The highest BCUT2D eigenvalue weighted by molar-refractivity contribution is 5.77. The molecule has 21 heavy (non-hydrogen) atoms. The van der Waals surface area contributed by atoms with E-state index in [4.69, 9.17) is 9.84 Å². The molecule has 1 N–H and O–H groups in total. The van der Waals surface area contributed by atoms with Crippen LogP contribution < -0.4 is 4.74 Å². The summed E-state index contributed by atoms with van der Waals surface area (Å²) in [6, 6.07) is 7.71. The van der Waals surface area contributed by atoms with Crippen molar-refractivity contribution in [1.29, 1.82) is 0 Å². The number of benzene rings is 1. The third-order valence-electron chi connectivity index (χ3n) is 3.80. The first kappa shape index (κ1) is 15.4. The maximum absolute atomic E-state index is 12.0. The molecular formula is C16H21NO4. The summed E-state index contributed by atoms with van der Waals surface area (Å²) < 4.78 is 5.54. The van der Waals surface area contributed by atoms with E-state index in [0.717, 1.165) is 5.75 Å². The minimum atomic E-state index is -0.759. The van der Waals surface area contributed by atoms with E-state index in [1.54, 1.807) is 4.90 Å². The van der Waals surface area contributed by atoms with Crippen molar-refractivity contribution in [3.8, 4) is 5.75 Å². The van der Waals surface area contributed by atoms with Crippen molar-refractivity contribution in [3.63, 3.8) is 0 Å². The number of aryl methyl sites for hydroxylation is 1. The number of carbonyl (C=O) groups excluding carboxylic acids is 1. The van der Waals surface area contributed by atoms with Gasteiger partial charge in [-0.25, -0.2) is 0 Å². The smallest absolute Gasteiger partial charge is 0.306 e. The van der Waals surface area contributed by atoms with Crippen molar-refractivity contribution < 1.29 is 19.4 Å². The van der Waals surface area contributed by atoms with Gasteiger partial charge >= 0.3 is 5.97 Å². The highest BCUT2D eigenvalue weighted by Crippen LogP contribution is 2.18. The van der Waals surface area contributed by atoms with E-state index in [-0.39, 0.29) is 11.8 Å². The van der Waals surface area contributed by atoms with Crippen LogP contribution in [0.1, 0.15) is 24.8 Å². The lowest BCUT2D eigenvalue weighted by Crippen LogP contribution is -2.40. The van der Waals surface area contributed by atoms with Crippen LogP contribution in [0, 0.1) is 12.8 Å². The van der Waals surface area contributed by atoms with Crippen LogP contribution in [-0.4, -0.2) is 41.6 Å². The average molecular weight is 291 g/mol. The number of likely N-dealkylation sites (tertiary alicyclic amines) is 1. The molecule has 0 unspecified atom stereocenters. The standard InChI is InChI=1S/C16H21NO4/c1-12-2-4-14(5-3-12)21-11-8-15(18)17-9-6-13(7-10-17)16(19)20/h2-5,13H,6-11H2,1H3,(H,19,20). The molecule has 5 heteroatoms. The van der Waals surface area contributed by atoms with Gasteiger partial charge in [-0.15, -0.1) is 0 Å². The number of nitrogens with zero attached hydrogens (tertiary/aromatic N) is 1. The molecule has 0 aliphatic carbocycles. The lowest BCUT2D eigenvalue weighted by Gasteiger charge is -2.30. The number of rotatable bonds is 5. The number of ether oxygens (including phenoxy) is 1. The minimum absolute atomic E-state index is 0.0333. The highest BCUT2D eigenvalue weighted by atomic mass is 16.5. The van der Waals surface area contributed by atoms with Gasteiger partial charge < -0.3 is 14.7 Å². The number of amides is 1. The number of hydrogen-bond donors (Lipinski definition) is 1. The lowest BCUT2D eigenvalue weighted by molar-refractivity contribution is -0.145. The summed E-state index contributed by atoms with van der Waals surface area (Å²) in [6.45, 7) is 3.41. The number of aliphatic carboxylic acids is 1. The van der Waals surface area contributed by atoms with Gasteiger partial charge in [-0.1, -0.05) is 17.7 Å². The molecule has 1 heterocycles. The molecule has 0 bridgehead atoms. The van der Waals surface area contributed by atoms with Crippen molar-refractivity contribution in [2.24, 2.45) is 5.92 Å². The summed E-state index contributed by atoms with van der Waals surface area (Å²) >= 11 is 0. The zero-order chi connectivity index (χ0) is 15.2. The Balaban J connectivity index is 1.70. The van der Waals surface area contributed by atoms with Gasteiger partial charge in [0, 0.05) is 13.1 Å². The average Bonchev–Trinajstić information content (AvgIpc) is 2.49. The fourth-order valence-corrected chi connectivity index (χ4v) is 2.42. The van der Waals surface area contributed by atoms with E-state index >= 15 is 0 Å². The molecule has 1 amide bonds. The van der Waals surface area contributed by atoms with Gasteiger partial charge in [-0.3, -0.25) is 9.59 Å². The Morgan fingerprint density at radius 2 is 1.86 bits per heavy atom. The quantitative estimate of drug-likeness (QED) is 0.902. The van der Waals surface area contributed by atoms with E-state index in [2.05, 4.69) is 0 Å². The van der Waals surface area contributed by atoms with Gasteiger partial charge in [-0.2, -0.15) is 0 Å². The molecule has 0 radical (unpaired) electrons. The summed E-state index contributed by atoms with van der Waals surface area (Å²) in [7, 11) is 0. The number of carbonyl (C=O) groups is 2. The van der Waals surface area contributed by atoms with E-state index in [0.29, 0.717) is 39.0 Å². The molecule has 0 spiro atoms. The Labute approximate surface area is 124 Å². The molecule has 1 aliphatic rings. The zero-order valence-electron chi connectivity index (χ0n) is 12.2. The van der Waals surface area contributed by atoms with Gasteiger partial charge in [0.1, 0.15) is 5.75 Å². The molecule has 0 aromatic heterocycles. The predicted molar refractivity (Wildman–Crippen MR) is 78.2 cm³/mol. The van der Waals surface area contributed by atoms with Gasteiger partial charge in [0.25, 0.3) is 0 Å². The summed E-state index contributed by atoms with van der Waals surface area (Å²) in [6.07, 6.45) is 1.41. The molecular weight excluding hydrogens is 270 g/mol.